The molecule has 1 aromatic carbocycles. The van der Waals surface area contributed by atoms with E-state index in [0.29, 0.717) is 19.5 Å². The van der Waals surface area contributed by atoms with Crippen molar-refractivity contribution in [2.75, 3.05) is 5.75 Å². The Hall–Kier alpha value is -2.28. The van der Waals surface area contributed by atoms with Crippen molar-refractivity contribution < 1.29 is 21.8 Å². The number of carbonyl (C=O) groups is 1. The Kier molecular flexibility index (Phi) is 9.25. The lowest BCUT2D eigenvalue weighted by molar-refractivity contribution is -0.132. The van der Waals surface area contributed by atoms with Crippen molar-refractivity contribution in [2.45, 2.75) is 65.5 Å². The molecular formula is C22H31NO5S. The Balaban J connectivity index is 2.00. The first-order valence-corrected chi connectivity index (χ1v) is 11.8. The number of hydrogen-bond acceptors (Lipinski definition) is 5. The predicted molar refractivity (Wildman–Crippen MR) is 113 cm³/mol. The van der Waals surface area contributed by atoms with Crippen LogP contribution in [0.3, 0.4) is 0 Å². The molecule has 7 heteroatoms. The standard InChI is InChI=1S/C22H31NO5S/c1-3-5-6-7-8-11-22(24)23(18-21-10-9-16-27-21)17-19-12-14-20(15-13-19)28-29(25,26)4-2/h9-10,12-16H,3-8,11,17-18H2,1-2H3. The van der Waals surface area contributed by atoms with E-state index in [9.17, 15) is 13.2 Å². The monoisotopic (exact) mass is 421 g/mol. The fraction of sp³-hybridized carbons (Fsp3) is 0.500. The minimum absolute atomic E-state index is 0.0849. The highest BCUT2D eigenvalue weighted by atomic mass is 32.2. The van der Waals surface area contributed by atoms with E-state index in [4.69, 9.17) is 8.60 Å². The molecule has 6 nitrogen and oxygen atoms in total. The van der Waals surface area contributed by atoms with Crippen LogP contribution >= 0.6 is 0 Å². The molecule has 29 heavy (non-hydrogen) atoms. The second-order valence-electron chi connectivity index (χ2n) is 7.07. The van der Waals surface area contributed by atoms with Gasteiger partial charge in [-0.1, -0.05) is 44.7 Å². The molecule has 2 rings (SSSR count). The summed E-state index contributed by atoms with van der Waals surface area (Å²) in [6.45, 7) is 4.53. The number of amides is 1. The van der Waals surface area contributed by atoms with Gasteiger partial charge in [-0.05, 0) is 43.2 Å². The third kappa shape index (κ3) is 8.31. The maximum absolute atomic E-state index is 12.8. The number of rotatable bonds is 13. The summed E-state index contributed by atoms with van der Waals surface area (Å²) in [4.78, 5) is 14.6. The van der Waals surface area contributed by atoms with E-state index < -0.39 is 10.1 Å². The van der Waals surface area contributed by atoms with Crippen molar-refractivity contribution in [1.29, 1.82) is 0 Å². The maximum Gasteiger partial charge on any atom is 0.308 e. The van der Waals surface area contributed by atoms with Gasteiger partial charge in [-0.15, -0.1) is 0 Å². The lowest BCUT2D eigenvalue weighted by Gasteiger charge is -2.22. The smallest absolute Gasteiger partial charge is 0.308 e. The molecule has 160 valence electrons. The fourth-order valence-corrected chi connectivity index (χ4v) is 3.46. The zero-order chi connectivity index (χ0) is 21.1. The highest BCUT2D eigenvalue weighted by Crippen LogP contribution is 2.18. The normalized spacial score (nSPS) is 11.4. The van der Waals surface area contributed by atoms with Gasteiger partial charge in [0.2, 0.25) is 5.91 Å². The number of hydrogen-bond donors (Lipinski definition) is 0. The van der Waals surface area contributed by atoms with Gasteiger partial charge in [0.25, 0.3) is 0 Å². The molecular weight excluding hydrogens is 390 g/mol. The van der Waals surface area contributed by atoms with Crippen molar-refractivity contribution in [1.82, 2.24) is 4.90 Å². The van der Waals surface area contributed by atoms with E-state index >= 15 is 0 Å². The van der Waals surface area contributed by atoms with Gasteiger partial charge in [0, 0.05) is 13.0 Å². The molecule has 1 amide bonds. The van der Waals surface area contributed by atoms with E-state index in [0.717, 1.165) is 30.6 Å². The SMILES string of the molecule is CCCCCCCC(=O)N(Cc1ccc(OS(=O)(=O)CC)cc1)Cc1ccco1. The Morgan fingerprint density at radius 1 is 1.00 bits per heavy atom. The Morgan fingerprint density at radius 2 is 1.72 bits per heavy atom. The topological polar surface area (TPSA) is 76.8 Å². The molecule has 0 saturated heterocycles. The third-order valence-electron chi connectivity index (χ3n) is 4.65. The van der Waals surface area contributed by atoms with E-state index in [1.165, 1.54) is 19.8 Å². The van der Waals surface area contributed by atoms with Crippen molar-refractivity contribution in [2.24, 2.45) is 0 Å². The number of carbonyl (C=O) groups excluding carboxylic acids is 1. The van der Waals surface area contributed by atoms with Crippen molar-refractivity contribution in [3.8, 4) is 5.75 Å². The van der Waals surface area contributed by atoms with Crippen LogP contribution in [0.15, 0.2) is 47.1 Å². The molecule has 0 radical (unpaired) electrons. The molecule has 0 aliphatic carbocycles. The second kappa shape index (κ2) is 11.7. The average Bonchev–Trinajstić information content (AvgIpc) is 3.21. The van der Waals surface area contributed by atoms with Gasteiger partial charge < -0.3 is 13.5 Å². The summed E-state index contributed by atoms with van der Waals surface area (Å²) in [5.41, 5.74) is 0.900. The van der Waals surface area contributed by atoms with Crippen LogP contribution in [0.1, 0.15) is 63.7 Å². The molecule has 0 fully saturated rings. The molecule has 0 bridgehead atoms. The quantitative estimate of drug-likeness (QED) is 0.340. The van der Waals surface area contributed by atoms with E-state index in [1.54, 1.807) is 35.4 Å². The maximum atomic E-state index is 12.8. The zero-order valence-corrected chi connectivity index (χ0v) is 18.1. The Labute approximate surface area is 174 Å². The summed E-state index contributed by atoms with van der Waals surface area (Å²) in [7, 11) is -3.55. The van der Waals surface area contributed by atoms with Crippen molar-refractivity contribution >= 4 is 16.0 Å². The first kappa shape index (κ1) is 23.0. The van der Waals surface area contributed by atoms with Crippen LogP contribution in [0.5, 0.6) is 5.75 Å². The molecule has 0 unspecified atom stereocenters. The van der Waals surface area contributed by atoms with Gasteiger partial charge in [0.1, 0.15) is 11.5 Å². The summed E-state index contributed by atoms with van der Waals surface area (Å²) < 4.78 is 33.6. The highest BCUT2D eigenvalue weighted by molar-refractivity contribution is 7.87. The number of benzene rings is 1. The summed E-state index contributed by atoms with van der Waals surface area (Å²) in [5.74, 6) is 1.01. The molecule has 0 N–H and O–H groups in total. The van der Waals surface area contributed by atoms with Crippen LogP contribution in [0.4, 0.5) is 0 Å². The molecule has 2 aromatic rings. The van der Waals surface area contributed by atoms with Gasteiger partial charge >= 0.3 is 10.1 Å². The third-order valence-corrected chi connectivity index (χ3v) is 5.80. The van der Waals surface area contributed by atoms with Crippen LogP contribution in [-0.4, -0.2) is 25.0 Å². The number of unbranched alkanes of at least 4 members (excludes halogenated alkanes) is 4. The molecule has 1 aromatic heterocycles. The first-order valence-electron chi connectivity index (χ1n) is 10.2. The van der Waals surface area contributed by atoms with E-state index in [2.05, 4.69) is 6.92 Å². The molecule has 0 spiro atoms. The molecule has 0 saturated carbocycles. The van der Waals surface area contributed by atoms with Crippen LogP contribution in [-0.2, 0) is 28.0 Å². The van der Waals surface area contributed by atoms with E-state index in [-0.39, 0.29) is 17.4 Å². The van der Waals surface area contributed by atoms with Crippen LogP contribution in [0.25, 0.3) is 0 Å². The van der Waals surface area contributed by atoms with E-state index in [1.807, 2.05) is 12.1 Å². The van der Waals surface area contributed by atoms with Gasteiger partial charge in [0.15, 0.2) is 0 Å². The Morgan fingerprint density at radius 3 is 2.34 bits per heavy atom. The molecule has 0 aliphatic heterocycles. The van der Waals surface area contributed by atoms with Crippen molar-refractivity contribution in [3.05, 3.63) is 54.0 Å². The van der Waals surface area contributed by atoms with Gasteiger partial charge in [-0.2, -0.15) is 8.42 Å². The molecule has 0 aliphatic rings. The summed E-state index contributed by atoms with van der Waals surface area (Å²) >= 11 is 0. The van der Waals surface area contributed by atoms with Gasteiger partial charge in [-0.3, -0.25) is 4.79 Å². The highest BCUT2D eigenvalue weighted by Gasteiger charge is 2.16. The van der Waals surface area contributed by atoms with Crippen molar-refractivity contribution in [3.63, 3.8) is 0 Å². The number of nitrogens with zero attached hydrogens (tertiary/aromatic N) is 1. The lowest BCUT2D eigenvalue weighted by Crippen LogP contribution is -2.29. The summed E-state index contributed by atoms with van der Waals surface area (Å²) in [5, 5.41) is 0. The van der Waals surface area contributed by atoms with Gasteiger partial charge in [0.05, 0.1) is 18.6 Å². The molecule has 0 atom stereocenters. The summed E-state index contributed by atoms with van der Waals surface area (Å²) in [6.07, 6.45) is 7.60. The predicted octanol–water partition coefficient (Wildman–Crippen LogP) is 4.90. The zero-order valence-electron chi connectivity index (χ0n) is 17.3. The number of furan rings is 1. The minimum atomic E-state index is -3.55. The second-order valence-corrected chi connectivity index (χ2v) is 8.93. The fourth-order valence-electron chi connectivity index (χ4n) is 2.94. The largest absolute Gasteiger partial charge is 0.467 e. The van der Waals surface area contributed by atoms with Crippen LogP contribution in [0, 0.1) is 0 Å². The average molecular weight is 422 g/mol. The van der Waals surface area contributed by atoms with Gasteiger partial charge in [-0.25, -0.2) is 0 Å². The Bertz CT molecular complexity index is 829. The van der Waals surface area contributed by atoms with Crippen LogP contribution < -0.4 is 4.18 Å². The first-order chi connectivity index (χ1) is 13.9. The molecule has 1 heterocycles. The minimum Gasteiger partial charge on any atom is -0.467 e. The lowest BCUT2D eigenvalue weighted by atomic mass is 10.1. The summed E-state index contributed by atoms with van der Waals surface area (Å²) in [6, 6.07) is 10.5. The van der Waals surface area contributed by atoms with Crippen LogP contribution in [0.2, 0.25) is 0 Å².